The Morgan fingerprint density at radius 3 is 2.26 bits per heavy atom. The third-order valence-corrected chi connectivity index (χ3v) is 3.30. The van der Waals surface area contributed by atoms with E-state index in [-0.39, 0.29) is 16.5 Å². The van der Waals surface area contributed by atoms with Gasteiger partial charge in [0.1, 0.15) is 11.5 Å². The molecule has 0 saturated heterocycles. The summed E-state index contributed by atoms with van der Waals surface area (Å²) in [4.78, 5) is 23.2. The van der Waals surface area contributed by atoms with Crippen LogP contribution in [0.1, 0.15) is 0 Å². The Kier molecular flexibility index (Phi) is 6.10. The van der Waals surface area contributed by atoms with Crippen molar-refractivity contribution in [1.29, 1.82) is 0 Å². The van der Waals surface area contributed by atoms with E-state index >= 15 is 0 Å². The first-order valence-electron chi connectivity index (χ1n) is 6.29. The largest absolute Gasteiger partial charge is 0.482 e. The van der Waals surface area contributed by atoms with Gasteiger partial charge in [0.25, 0.3) is 5.91 Å². The molecule has 23 heavy (non-hydrogen) atoms. The molecule has 2 amide bonds. The lowest BCUT2D eigenvalue weighted by Gasteiger charge is -2.08. The minimum Gasteiger partial charge on any atom is -0.482 e. The molecule has 0 aliphatic rings. The van der Waals surface area contributed by atoms with Crippen molar-refractivity contribution in [3.05, 3.63) is 57.5 Å². The Bertz CT molecular complexity index is 719. The highest BCUT2D eigenvalue weighted by Crippen LogP contribution is 2.27. The maximum absolute atomic E-state index is 11.6. The number of ether oxygens (including phenoxy) is 2. The zero-order valence-corrected chi connectivity index (χ0v) is 13.8. The van der Waals surface area contributed by atoms with Gasteiger partial charge in [0, 0.05) is 10.0 Å². The number of hydrogen-bond donors (Lipinski definition) is 1. The maximum atomic E-state index is 11.6. The molecule has 2 rings (SSSR count). The van der Waals surface area contributed by atoms with Gasteiger partial charge in [0.05, 0.1) is 5.02 Å². The normalized spacial score (nSPS) is 10.0. The summed E-state index contributed by atoms with van der Waals surface area (Å²) in [5.74, 6) is -0.159. The van der Waals surface area contributed by atoms with Crippen LogP contribution < -0.4 is 14.8 Å². The summed E-state index contributed by atoms with van der Waals surface area (Å²) in [5.41, 5.74) is 0. The number of halogens is 3. The number of hydrogen-bond acceptors (Lipinski definition) is 4. The molecule has 0 aromatic heterocycles. The second-order valence-electron chi connectivity index (χ2n) is 4.26. The van der Waals surface area contributed by atoms with Crippen LogP contribution >= 0.6 is 34.8 Å². The SMILES string of the molecule is O=C(COc1ccc(Cl)cc1Cl)NC(=O)Oc1ccc(Cl)cc1. The van der Waals surface area contributed by atoms with Crippen LogP contribution in [0.3, 0.4) is 0 Å². The fourth-order valence-electron chi connectivity index (χ4n) is 1.52. The van der Waals surface area contributed by atoms with Gasteiger partial charge >= 0.3 is 6.09 Å². The van der Waals surface area contributed by atoms with Gasteiger partial charge in [0.2, 0.25) is 0 Å². The number of rotatable bonds is 4. The summed E-state index contributed by atoms with van der Waals surface area (Å²) in [6.07, 6.45) is -0.928. The molecular formula is C15H10Cl3NO4. The fraction of sp³-hybridized carbons (Fsp3) is 0.0667. The average Bonchev–Trinajstić information content (AvgIpc) is 2.48. The van der Waals surface area contributed by atoms with E-state index in [1.165, 1.54) is 24.3 Å². The van der Waals surface area contributed by atoms with Gasteiger partial charge in [-0.2, -0.15) is 0 Å². The molecule has 0 saturated carbocycles. The predicted octanol–water partition coefficient (Wildman–Crippen LogP) is 4.34. The molecule has 0 heterocycles. The van der Waals surface area contributed by atoms with E-state index in [1.807, 2.05) is 5.32 Å². The van der Waals surface area contributed by atoms with Gasteiger partial charge in [-0.3, -0.25) is 10.1 Å². The second-order valence-corrected chi connectivity index (χ2v) is 5.54. The maximum Gasteiger partial charge on any atom is 0.419 e. The molecule has 0 atom stereocenters. The number of carbonyl (C=O) groups excluding carboxylic acids is 2. The lowest BCUT2D eigenvalue weighted by Crippen LogP contribution is -2.36. The third kappa shape index (κ3) is 5.63. The molecule has 1 N–H and O–H groups in total. The monoisotopic (exact) mass is 373 g/mol. The molecule has 8 heteroatoms. The molecule has 0 unspecified atom stereocenters. The molecule has 0 fully saturated rings. The molecule has 0 radical (unpaired) electrons. The van der Waals surface area contributed by atoms with Gasteiger partial charge in [-0.15, -0.1) is 0 Å². The van der Waals surface area contributed by atoms with E-state index in [4.69, 9.17) is 44.3 Å². The first kappa shape index (κ1) is 17.4. The van der Waals surface area contributed by atoms with Crippen LogP contribution in [0.2, 0.25) is 15.1 Å². The van der Waals surface area contributed by atoms with Crippen LogP contribution in [-0.4, -0.2) is 18.6 Å². The Morgan fingerprint density at radius 2 is 1.61 bits per heavy atom. The lowest BCUT2D eigenvalue weighted by molar-refractivity contribution is -0.122. The standard InChI is InChI=1S/C15H10Cl3NO4/c16-9-1-4-11(5-2-9)23-15(21)19-14(20)8-22-13-6-3-10(17)7-12(13)18/h1-7H,8H2,(H,19,20,21). The Labute approximate surface area is 147 Å². The first-order valence-corrected chi connectivity index (χ1v) is 7.42. The minimum atomic E-state index is -0.928. The average molecular weight is 375 g/mol. The number of carbonyl (C=O) groups is 2. The summed E-state index contributed by atoms with van der Waals surface area (Å²) in [7, 11) is 0. The van der Waals surface area contributed by atoms with Crippen molar-refractivity contribution in [2.75, 3.05) is 6.61 Å². The Balaban J connectivity index is 1.82. The van der Waals surface area contributed by atoms with E-state index in [0.29, 0.717) is 10.0 Å². The Hall–Kier alpha value is -1.95. The van der Waals surface area contributed by atoms with Gasteiger partial charge < -0.3 is 9.47 Å². The van der Waals surface area contributed by atoms with Gasteiger partial charge in [0.15, 0.2) is 6.61 Å². The summed E-state index contributed by atoms with van der Waals surface area (Å²) >= 11 is 17.4. The molecule has 0 aliphatic heterocycles. The summed E-state index contributed by atoms with van der Waals surface area (Å²) in [6, 6.07) is 10.7. The number of benzene rings is 2. The summed E-state index contributed by atoms with van der Waals surface area (Å²) < 4.78 is 10.1. The molecule has 2 aromatic rings. The molecular weight excluding hydrogens is 365 g/mol. The highest BCUT2D eigenvalue weighted by atomic mass is 35.5. The summed E-state index contributed by atoms with van der Waals surface area (Å²) in [5, 5.41) is 3.22. The van der Waals surface area contributed by atoms with Crippen molar-refractivity contribution in [3.63, 3.8) is 0 Å². The van der Waals surface area contributed by atoms with Crippen LogP contribution in [-0.2, 0) is 4.79 Å². The first-order chi connectivity index (χ1) is 10.9. The van der Waals surface area contributed by atoms with Crippen LogP contribution in [0.15, 0.2) is 42.5 Å². The highest BCUT2D eigenvalue weighted by Gasteiger charge is 2.12. The smallest absolute Gasteiger partial charge is 0.419 e. The zero-order chi connectivity index (χ0) is 16.8. The molecule has 120 valence electrons. The molecule has 5 nitrogen and oxygen atoms in total. The van der Waals surface area contributed by atoms with Crippen LogP contribution in [0.5, 0.6) is 11.5 Å². The second kappa shape index (κ2) is 8.06. The minimum absolute atomic E-state index is 0.251. The van der Waals surface area contributed by atoms with Crippen molar-refractivity contribution >= 4 is 46.8 Å². The van der Waals surface area contributed by atoms with Crippen molar-refractivity contribution in [2.45, 2.75) is 0 Å². The highest BCUT2D eigenvalue weighted by molar-refractivity contribution is 6.35. The van der Waals surface area contributed by atoms with E-state index in [2.05, 4.69) is 0 Å². The molecule has 0 spiro atoms. The topological polar surface area (TPSA) is 64.6 Å². The fourth-order valence-corrected chi connectivity index (χ4v) is 2.11. The van der Waals surface area contributed by atoms with Gasteiger partial charge in [-0.25, -0.2) is 4.79 Å². The van der Waals surface area contributed by atoms with Crippen LogP contribution in [0, 0.1) is 0 Å². The van der Waals surface area contributed by atoms with E-state index in [1.54, 1.807) is 18.2 Å². The third-order valence-electron chi connectivity index (χ3n) is 2.52. The zero-order valence-electron chi connectivity index (χ0n) is 11.5. The van der Waals surface area contributed by atoms with Gasteiger partial charge in [-0.1, -0.05) is 34.8 Å². The van der Waals surface area contributed by atoms with Crippen molar-refractivity contribution < 1.29 is 19.1 Å². The lowest BCUT2D eigenvalue weighted by atomic mass is 10.3. The van der Waals surface area contributed by atoms with E-state index < -0.39 is 18.6 Å². The van der Waals surface area contributed by atoms with Crippen molar-refractivity contribution in [2.24, 2.45) is 0 Å². The van der Waals surface area contributed by atoms with Gasteiger partial charge in [-0.05, 0) is 42.5 Å². The van der Waals surface area contributed by atoms with E-state index in [0.717, 1.165) is 0 Å². The quantitative estimate of drug-likeness (QED) is 0.864. The number of amides is 2. The van der Waals surface area contributed by atoms with E-state index in [9.17, 15) is 9.59 Å². The molecule has 0 bridgehead atoms. The Morgan fingerprint density at radius 1 is 0.957 bits per heavy atom. The molecule has 2 aromatic carbocycles. The molecule has 0 aliphatic carbocycles. The van der Waals surface area contributed by atoms with Crippen LogP contribution in [0.25, 0.3) is 0 Å². The predicted molar refractivity (Wildman–Crippen MR) is 87.6 cm³/mol. The van der Waals surface area contributed by atoms with Crippen molar-refractivity contribution in [1.82, 2.24) is 5.32 Å². The van der Waals surface area contributed by atoms with Crippen molar-refractivity contribution in [3.8, 4) is 11.5 Å². The van der Waals surface area contributed by atoms with Crippen LogP contribution in [0.4, 0.5) is 4.79 Å². The summed E-state index contributed by atoms with van der Waals surface area (Å²) in [6.45, 7) is -0.406. The number of nitrogens with one attached hydrogen (secondary N) is 1. The number of imide groups is 1.